The average Bonchev–Trinajstić information content (AvgIpc) is 1.86. The number of nitrogens with one attached hydrogen (secondary N) is 1. The molecule has 0 aromatic rings. The van der Waals surface area contributed by atoms with E-state index >= 15 is 0 Å². The highest BCUT2D eigenvalue weighted by Crippen LogP contribution is 2.24. The van der Waals surface area contributed by atoms with Crippen molar-refractivity contribution in [2.75, 3.05) is 13.2 Å². The lowest BCUT2D eigenvalue weighted by atomic mass is 10.1. The van der Waals surface area contributed by atoms with E-state index in [9.17, 15) is 13.2 Å². The first kappa shape index (κ1) is 8.80. The van der Waals surface area contributed by atoms with Gasteiger partial charge in [-0.2, -0.15) is 13.2 Å². The van der Waals surface area contributed by atoms with Crippen LogP contribution in [0.4, 0.5) is 13.2 Å². The van der Waals surface area contributed by atoms with Crippen molar-refractivity contribution in [2.45, 2.75) is 25.2 Å². The van der Waals surface area contributed by atoms with Gasteiger partial charge in [-0.25, -0.2) is 0 Å². The molecule has 2 nitrogen and oxygen atoms in total. The number of halogens is 3. The molecule has 0 saturated carbocycles. The van der Waals surface area contributed by atoms with E-state index in [0.29, 0.717) is 6.61 Å². The molecular formula is C6H10F3NO. The Balaban J connectivity index is 2.55. The molecule has 1 fully saturated rings. The molecule has 1 aliphatic rings. The average molecular weight is 169 g/mol. The number of hydrogen-bond acceptors (Lipinski definition) is 2. The monoisotopic (exact) mass is 169 g/mol. The molecule has 1 N–H and O–H groups in total. The second kappa shape index (κ2) is 2.98. The maximum absolute atomic E-state index is 12.0. The standard InChI is InChI=1S/C6H10F3NO/c1-4-5(6(7,8)9)10-2-3-11-4/h4-5,10H,2-3H2,1H3. The molecule has 1 heterocycles. The van der Waals surface area contributed by atoms with Gasteiger partial charge < -0.3 is 10.1 Å². The van der Waals surface area contributed by atoms with Gasteiger partial charge >= 0.3 is 6.18 Å². The van der Waals surface area contributed by atoms with Gasteiger partial charge in [0.15, 0.2) is 0 Å². The van der Waals surface area contributed by atoms with Gasteiger partial charge in [-0.1, -0.05) is 0 Å². The van der Waals surface area contributed by atoms with Crippen LogP contribution in [0.15, 0.2) is 0 Å². The summed E-state index contributed by atoms with van der Waals surface area (Å²) in [6, 6.07) is -1.50. The van der Waals surface area contributed by atoms with E-state index in [0.717, 1.165) is 0 Å². The smallest absolute Gasteiger partial charge is 0.375 e. The van der Waals surface area contributed by atoms with Crippen molar-refractivity contribution >= 4 is 0 Å². The van der Waals surface area contributed by atoms with E-state index < -0.39 is 18.3 Å². The second-order valence-electron chi connectivity index (χ2n) is 2.55. The topological polar surface area (TPSA) is 21.3 Å². The molecule has 11 heavy (non-hydrogen) atoms. The molecule has 5 heteroatoms. The third kappa shape index (κ3) is 2.07. The van der Waals surface area contributed by atoms with Crippen molar-refractivity contribution in [3.05, 3.63) is 0 Å². The molecular weight excluding hydrogens is 159 g/mol. The van der Waals surface area contributed by atoms with Crippen LogP contribution in [-0.4, -0.2) is 31.5 Å². The van der Waals surface area contributed by atoms with Crippen molar-refractivity contribution in [3.63, 3.8) is 0 Å². The lowest BCUT2D eigenvalue weighted by molar-refractivity contribution is -0.192. The van der Waals surface area contributed by atoms with Crippen LogP contribution in [0.5, 0.6) is 0 Å². The Morgan fingerprint density at radius 3 is 2.45 bits per heavy atom. The predicted octanol–water partition coefficient (Wildman–Crippen LogP) is 0.926. The first-order chi connectivity index (χ1) is 5.02. The SMILES string of the molecule is CC1OCCNC1C(F)(F)F. The minimum absolute atomic E-state index is 0.272. The summed E-state index contributed by atoms with van der Waals surface area (Å²) in [5.41, 5.74) is 0. The summed E-state index contributed by atoms with van der Waals surface area (Å²) >= 11 is 0. The molecule has 0 aromatic heterocycles. The Labute approximate surface area is 62.7 Å². The Bertz CT molecular complexity index is 136. The molecule has 0 spiro atoms. The number of ether oxygens (including phenoxy) is 1. The maximum Gasteiger partial charge on any atom is 0.406 e. The van der Waals surface area contributed by atoms with Gasteiger partial charge in [0.05, 0.1) is 12.7 Å². The lowest BCUT2D eigenvalue weighted by Crippen LogP contribution is -2.55. The Morgan fingerprint density at radius 1 is 1.45 bits per heavy atom. The minimum atomic E-state index is -4.19. The summed E-state index contributed by atoms with van der Waals surface area (Å²) in [5, 5.41) is 2.36. The van der Waals surface area contributed by atoms with E-state index in [2.05, 4.69) is 5.32 Å². The first-order valence-electron chi connectivity index (χ1n) is 3.43. The Morgan fingerprint density at radius 2 is 2.09 bits per heavy atom. The highest BCUT2D eigenvalue weighted by atomic mass is 19.4. The number of rotatable bonds is 0. The van der Waals surface area contributed by atoms with Crippen LogP contribution in [0, 0.1) is 0 Å². The van der Waals surface area contributed by atoms with Gasteiger partial charge in [0.25, 0.3) is 0 Å². The minimum Gasteiger partial charge on any atom is -0.375 e. The van der Waals surface area contributed by atoms with Crippen molar-refractivity contribution in [2.24, 2.45) is 0 Å². The highest BCUT2D eigenvalue weighted by molar-refractivity contribution is 4.83. The van der Waals surface area contributed by atoms with Crippen LogP contribution in [0.3, 0.4) is 0 Å². The highest BCUT2D eigenvalue weighted by Gasteiger charge is 2.44. The summed E-state index contributed by atoms with van der Waals surface area (Å²) in [7, 11) is 0. The molecule has 0 aromatic carbocycles. The van der Waals surface area contributed by atoms with Gasteiger partial charge in [-0.05, 0) is 6.92 Å². The van der Waals surface area contributed by atoms with Crippen molar-refractivity contribution in [1.82, 2.24) is 5.32 Å². The molecule has 0 amide bonds. The number of morpholine rings is 1. The normalized spacial score (nSPS) is 33.8. The lowest BCUT2D eigenvalue weighted by Gasteiger charge is -2.31. The van der Waals surface area contributed by atoms with Crippen LogP contribution in [-0.2, 0) is 4.74 Å². The summed E-state index contributed by atoms with van der Waals surface area (Å²) in [6.07, 6.45) is -4.97. The van der Waals surface area contributed by atoms with E-state index in [-0.39, 0.29) is 6.54 Å². The first-order valence-corrected chi connectivity index (χ1v) is 3.43. The summed E-state index contributed by atoms with van der Waals surface area (Å²) in [5.74, 6) is 0. The fourth-order valence-corrected chi connectivity index (χ4v) is 1.10. The van der Waals surface area contributed by atoms with Crippen molar-refractivity contribution < 1.29 is 17.9 Å². The maximum atomic E-state index is 12.0. The molecule has 0 bridgehead atoms. The fourth-order valence-electron chi connectivity index (χ4n) is 1.10. The fraction of sp³-hybridized carbons (Fsp3) is 1.00. The molecule has 0 radical (unpaired) electrons. The predicted molar refractivity (Wildman–Crippen MR) is 33.3 cm³/mol. The molecule has 2 atom stereocenters. The van der Waals surface area contributed by atoms with E-state index in [1.54, 1.807) is 0 Å². The third-order valence-corrected chi connectivity index (χ3v) is 1.67. The molecule has 2 unspecified atom stereocenters. The van der Waals surface area contributed by atoms with Crippen LogP contribution < -0.4 is 5.32 Å². The largest absolute Gasteiger partial charge is 0.406 e. The quantitative estimate of drug-likeness (QED) is 0.582. The molecule has 66 valence electrons. The third-order valence-electron chi connectivity index (χ3n) is 1.67. The van der Waals surface area contributed by atoms with Gasteiger partial charge in [0.1, 0.15) is 6.04 Å². The number of alkyl halides is 3. The molecule has 0 aliphatic carbocycles. The van der Waals surface area contributed by atoms with Gasteiger partial charge in [0.2, 0.25) is 0 Å². The van der Waals surface area contributed by atoms with Crippen LogP contribution in [0.25, 0.3) is 0 Å². The zero-order valence-electron chi connectivity index (χ0n) is 6.11. The summed E-state index contributed by atoms with van der Waals surface area (Å²) in [4.78, 5) is 0. The summed E-state index contributed by atoms with van der Waals surface area (Å²) < 4.78 is 41.0. The molecule has 1 aliphatic heterocycles. The number of hydrogen-bond donors (Lipinski definition) is 1. The van der Waals surface area contributed by atoms with Crippen LogP contribution in [0.2, 0.25) is 0 Å². The Hall–Kier alpha value is -0.290. The Kier molecular flexibility index (Phi) is 2.39. The van der Waals surface area contributed by atoms with E-state index in [1.165, 1.54) is 6.92 Å². The zero-order valence-corrected chi connectivity index (χ0v) is 6.11. The van der Waals surface area contributed by atoms with Crippen molar-refractivity contribution in [3.8, 4) is 0 Å². The summed E-state index contributed by atoms with van der Waals surface area (Å²) in [6.45, 7) is 2.05. The van der Waals surface area contributed by atoms with E-state index in [1.807, 2.05) is 0 Å². The van der Waals surface area contributed by atoms with Crippen LogP contribution in [0.1, 0.15) is 6.92 Å². The molecule has 1 rings (SSSR count). The second-order valence-corrected chi connectivity index (χ2v) is 2.55. The zero-order chi connectivity index (χ0) is 8.48. The van der Waals surface area contributed by atoms with Gasteiger partial charge in [0, 0.05) is 6.54 Å². The van der Waals surface area contributed by atoms with Crippen molar-refractivity contribution in [1.29, 1.82) is 0 Å². The van der Waals surface area contributed by atoms with E-state index in [4.69, 9.17) is 4.74 Å². The van der Waals surface area contributed by atoms with Gasteiger partial charge in [-0.3, -0.25) is 0 Å². The van der Waals surface area contributed by atoms with Gasteiger partial charge in [-0.15, -0.1) is 0 Å². The molecule has 1 saturated heterocycles. The van der Waals surface area contributed by atoms with Crippen LogP contribution >= 0.6 is 0 Å².